The van der Waals surface area contributed by atoms with E-state index in [1.54, 1.807) is 0 Å². The van der Waals surface area contributed by atoms with Crippen molar-refractivity contribution >= 4 is 5.96 Å². The van der Waals surface area contributed by atoms with Crippen LogP contribution in [0.25, 0.3) is 0 Å². The monoisotopic (exact) mass is 263 g/mol. The number of para-hydroxylation sites is 1. The van der Waals surface area contributed by atoms with Gasteiger partial charge in [-0.1, -0.05) is 18.2 Å². The second-order valence-electron chi connectivity index (χ2n) is 4.53. The highest BCUT2D eigenvalue weighted by molar-refractivity contribution is 5.80. The van der Waals surface area contributed by atoms with Gasteiger partial charge in [-0.25, -0.2) is 4.99 Å². The second kappa shape index (κ2) is 8.40. The lowest BCUT2D eigenvalue weighted by molar-refractivity contribution is 0.336. The molecule has 0 atom stereocenters. The molecule has 0 aliphatic heterocycles. The Labute approximate surface area is 116 Å². The molecule has 1 aromatic carbocycles. The number of guanidine groups is 1. The van der Waals surface area contributed by atoms with Gasteiger partial charge < -0.3 is 15.4 Å². The van der Waals surface area contributed by atoms with Crippen molar-refractivity contribution in [2.75, 3.05) is 13.2 Å². The Morgan fingerprint density at radius 2 is 2.00 bits per heavy atom. The van der Waals surface area contributed by atoms with Crippen LogP contribution >= 0.6 is 0 Å². The number of nitrogens with zero attached hydrogens (tertiary/aromatic N) is 1. The Morgan fingerprint density at radius 3 is 2.63 bits per heavy atom. The van der Waals surface area contributed by atoms with E-state index in [-0.39, 0.29) is 0 Å². The van der Waals surface area contributed by atoms with E-state index >= 15 is 0 Å². The van der Waals surface area contributed by atoms with Gasteiger partial charge in [-0.15, -0.1) is 0 Å². The first-order chi connectivity index (χ1) is 9.17. The minimum absolute atomic E-state index is 0.361. The summed E-state index contributed by atoms with van der Waals surface area (Å²) >= 11 is 0. The molecule has 4 nitrogen and oxygen atoms in total. The van der Waals surface area contributed by atoms with Crippen LogP contribution in [0.4, 0.5) is 0 Å². The molecular formula is C15H25N3O. The minimum atomic E-state index is 0.361. The molecule has 1 rings (SSSR count). The molecule has 19 heavy (non-hydrogen) atoms. The van der Waals surface area contributed by atoms with Gasteiger partial charge in [-0.3, -0.25) is 0 Å². The van der Waals surface area contributed by atoms with E-state index in [4.69, 9.17) is 4.74 Å². The third-order valence-electron chi connectivity index (χ3n) is 2.45. The predicted octanol–water partition coefficient (Wildman–Crippen LogP) is 2.55. The van der Waals surface area contributed by atoms with Crippen molar-refractivity contribution in [1.29, 1.82) is 0 Å². The number of benzene rings is 1. The highest BCUT2D eigenvalue weighted by Crippen LogP contribution is 2.18. The summed E-state index contributed by atoms with van der Waals surface area (Å²) in [5.74, 6) is 1.75. The fourth-order valence-electron chi connectivity index (χ4n) is 1.69. The third-order valence-corrected chi connectivity index (χ3v) is 2.45. The molecule has 106 valence electrons. The van der Waals surface area contributed by atoms with Gasteiger partial charge >= 0.3 is 0 Å². The van der Waals surface area contributed by atoms with Crippen LogP contribution in [0.2, 0.25) is 0 Å². The van der Waals surface area contributed by atoms with Crippen LogP contribution < -0.4 is 15.4 Å². The van der Waals surface area contributed by atoms with Crippen LogP contribution in [-0.2, 0) is 6.54 Å². The molecule has 0 saturated heterocycles. The number of hydrogen-bond acceptors (Lipinski definition) is 2. The van der Waals surface area contributed by atoms with E-state index in [1.165, 1.54) is 0 Å². The summed E-state index contributed by atoms with van der Waals surface area (Å²) < 4.78 is 5.60. The van der Waals surface area contributed by atoms with Crippen molar-refractivity contribution in [3.8, 4) is 5.75 Å². The maximum atomic E-state index is 5.60. The first-order valence-electron chi connectivity index (χ1n) is 6.92. The Hall–Kier alpha value is -1.71. The Balaban J connectivity index is 2.75. The summed E-state index contributed by atoms with van der Waals surface area (Å²) in [5.41, 5.74) is 1.10. The molecule has 1 aromatic rings. The Kier molecular flexibility index (Phi) is 6.79. The molecule has 0 saturated carbocycles. The molecule has 2 N–H and O–H groups in total. The fourth-order valence-corrected chi connectivity index (χ4v) is 1.69. The van der Waals surface area contributed by atoms with Gasteiger partial charge in [-0.05, 0) is 33.8 Å². The second-order valence-corrected chi connectivity index (χ2v) is 4.53. The summed E-state index contributed by atoms with van der Waals surface area (Å²) in [5, 5.41) is 6.53. The van der Waals surface area contributed by atoms with E-state index in [1.807, 2.05) is 31.2 Å². The van der Waals surface area contributed by atoms with Crippen molar-refractivity contribution in [3.05, 3.63) is 29.8 Å². The van der Waals surface area contributed by atoms with Gasteiger partial charge in [-0.2, -0.15) is 0 Å². The molecular weight excluding hydrogens is 238 g/mol. The molecule has 0 spiro atoms. The molecule has 0 radical (unpaired) electrons. The Morgan fingerprint density at radius 1 is 1.26 bits per heavy atom. The topological polar surface area (TPSA) is 45.7 Å². The number of hydrogen-bond donors (Lipinski definition) is 2. The van der Waals surface area contributed by atoms with Gasteiger partial charge in [0.1, 0.15) is 5.75 Å². The normalized spacial score (nSPS) is 11.5. The molecule has 0 unspecified atom stereocenters. The van der Waals surface area contributed by atoms with Gasteiger partial charge in [0, 0.05) is 18.2 Å². The summed E-state index contributed by atoms with van der Waals surface area (Å²) in [7, 11) is 0. The fraction of sp³-hybridized carbons (Fsp3) is 0.533. The number of ether oxygens (including phenoxy) is 1. The van der Waals surface area contributed by atoms with E-state index in [2.05, 4.69) is 36.4 Å². The highest BCUT2D eigenvalue weighted by Gasteiger charge is 2.03. The lowest BCUT2D eigenvalue weighted by atomic mass is 10.2. The average Bonchev–Trinajstić information content (AvgIpc) is 2.37. The van der Waals surface area contributed by atoms with E-state index < -0.39 is 0 Å². The standard InChI is InChI=1S/C15H25N3O/c1-5-16-15(18-12(3)4)17-11-13-9-7-8-10-14(13)19-6-2/h7-10,12H,5-6,11H2,1-4H3,(H2,16,17,18). The van der Waals surface area contributed by atoms with Crippen molar-refractivity contribution in [2.45, 2.75) is 40.3 Å². The first-order valence-corrected chi connectivity index (χ1v) is 6.92. The molecule has 4 heteroatoms. The minimum Gasteiger partial charge on any atom is -0.494 e. The van der Waals surface area contributed by atoms with Crippen molar-refractivity contribution in [3.63, 3.8) is 0 Å². The number of nitrogens with one attached hydrogen (secondary N) is 2. The number of rotatable bonds is 6. The zero-order valence-electron chi connectivity index (χ0n) is 12.4. The maximum absolute atomic E-state index is 5.60. The summed E-state index contributed by atoms with van der Waals surface area (Å²) in [6.07, 6.45) is 0. The lowest BCUT2D eigenvalue weighted by Gasteiger charge is -2.14. The zero-order chi connectivity index (χ0) is 14.1. The molecule has 0 aliphatic carbocycles. The van der Waals surface area contributed by atoms with Crippen molar-refractivity contribution < 1.29 is 4.74 Å². The summed E-state index contributed by atoms with van der Waals surface area (Å²) in [6.45, 7) is 10.4. The van der Waals surface area contributed by atoms with E-state index in [9.17, 15) is 0 Å². The van der Waals surface area contributed by atoms with Gasteiger partial charge in [0.2, 0.25) is 0 Å². The summed E-state index contributed by atoms with van der Waals surface area (Å²) in [6, 6.07) is 8.39. The van der Waals surface area contributed by atoms with E-state index in [0.29, 0.717) is 19.2 Å². The molecule has 0 heterocycles. The smallest absolute Gasteiger partial charge is 0.191 e. The van der Waals surface area contributed by atoms with Crippen LogP contribution in [0.3, 0.4) is 0 Å². The predicted molar refractivity (Wildman–Crippen MR) is 80.7 cm³/mol. The molecule has 0 amide bonds. The SMILES string of the molecule is CCNC(=NCc1ccccc1OCC)NC(C)C. The average molecular weight is 263 g/mol. The largest absolute Gasteiger partial charge is 0.494 e. The quantitative estimate of drug-likeness (QED) is 0.612. The van der Waals surface area contributed by atoms with Crippen molar-refractivity contribution in [1.82, 2.24) is 10.6 Å². The van der Waals surface area contributed by atoms with E-state index in [0.717, 1.165) is 23.8 Å². The molecule has 0 aromatic heterocycles. The lowest BCUT2D eigenvalue weighted by Crippen LogP contribution is -2.41. The zero-order valence-corrected chi connectivity index (χ0v) is 12.4. The van der Waals surface area contributed by atoms with Gasteiger partial charge in [0.25, 0.3) is 0 Å². The van der Waals surface area contributed by atoms with Crippen LogP contribution in [0.5, 0.6) is 5.75 Å². The van der Waals surface area contributed by atoms with Gasteiger partial charge in [0.15, 0.2) is 5.96 Å². The van der Waals surface area contributed by atoms with Gasteiger partial charge in [0.05, 0.1) is 13.2 Å². The maximum Gasteiger partial charge on any atom is 0.191 e. The molecule has 0 aliphatic rings. The third kappa shape index (κ3) is 5.64. The molecule has 0 fully saturated rings. The van der Waals surface area contributed by atoms with Crippen LogP contribution in [0, 0.1) is 0 Å². The molecule has 0 bridgehead atoms. The van der Waals surface area contributed by atoms with Crippen LogP contribution in [0.1, 0.15) is 33.3 Å². The number of aliphatic imine (C=N–C) groups is 1. The van der Waals surface area contributed by atoms with Crippen LogP contribution in [0.15, 0.2) is 29.3 Å². The Bertz CT molecular complexity index is 402. The van der Waals surface area contributed by atoms with Crippen molar-refractivity contribution in [2.24, 2.45) is 4.99 Å². The highest BCUT2D eigenvalue weighted by atomic mass is 16.5. The van der Waals surface area contributed by atoms with Crippen LogP contribution in [-0.4, -0.2) is 25.2 Å². The first kappa shape index (κ1) is 15.3. The summed E-state index contributed by atoms with van der Waals surface area (Å²) in [4.78, 5) is 4.58.